The van der Waals surface area contributed by atoms with Gasteiger partial charge in [-0.05, 0) is 35.6 Å². The van der Waals surface area contributed by atoms with Gasteiger partial charge in [-0.25, -0.2) is 4.39 Å². The lowest BCUT2D eigenvalue weighted by Gasteiger charge is -2.17. The van der Waals surface area contributed by atoms with Gasteiger partial charge in [0.05, 0.1) is 12.0 Å². The van der Waals surface area contributed by atoms with E-state index in [1.807, 2.05) is 11.4 Å². The van der Waals surface area contributed by atoms with E-state index >= 15 is 0 Å². The number of hydrogen-bond acceptors (Lipinski definition) is 4. The SMILES string of the molecule is COc1ccc(CN(C)C(=O)CCCNC(=O)c2cccs2)cc1F. The van der Waals surface area contributed by atoms with Crippen LogP contribution in [-0.4, -0.2) is 37.4 Å². The van der Waals surface area contributed by atoms with Crippen molar-refractivity contribution in [1.29, 1.82) is 0 Å². The largest absolute Gasteiger partial charge is 0.494 e. The van der Waals surface area contributed by atoms with E-state index in [0.29, 0.717) is 36.4 Å². The number of nitrogens with zero attached hydrogens (tertiary/aromatic N) is 1. The van der Waals surface area contributed by atoms with Gasteiger partial charge >= 0.3 is 0 Å². The molecular formula is C18H21FN2O3S. The van der Waals surface area contributed by atoms with Crippen LogP contribution in [0.15, 0.2) is 35.7 Å². The van der Waals surface area contributed by atoms with Crippen LogP contribution >= 0.6 is 11.3 Å². The van der Waals surface area contributed by atoms with Crippen molar-refractivity contribution >= 4 is 23.2 Å². The second kappa shape index (κ2) is 9.17. The molecule has 1 heterocycles. The molecular weight excluding hydrogens is 343 g/mol. The third-order valence-corrected chi connectivity index (χ3v) is 4.53. The van der Waals surface area contributed by atoms with Gasteiger partial charge < -0.3 is 15.0 Å². The monoisotopic (exact) mass is 364 g/mol. The van der Waals surface area contributed by atoms with E-state index in [0.717, 1.165) is 0 Å². The summed E-state index contributed by atoms with van der Waals surface area (Å²) >= 11 is 1.38. The highest BCUT2D eigenvalue weighted by atomic mass is 32.1. The zero-order valence-electron chi connectivity index (χ0n) is 14.3. The quantitative estimate of drug-likeness (QED) is 0.733. The molecule has 1 aromatic carbocycles. The Hall–Kier alpha value is -2.41. The van der Waals surface area contributed by atoms with Gasteiger partial charge in [0.2, 0.25) is 5.91 Å². The standard InChI is InChI=1S/C18H21FN2O3S/c1-21(12-13-7-8-15(24-2)14(19)11-13)17(22)6-3-9-20-18(23)16-5-4-10-25-16/h4-5,7-8,10-11H,3,6,9,12H2,1-2H3,(H,20,23). The van der Waals surface area contributed by atoms with Gasteiger partial charge in [-0.15, -0.1) is 11.3 Å². The molecule has 0 aliphatic rings. The van der Waals surface area contributed by atoms with Crippen LogP contribution in [0.5, 0.6) is 5.75 Å². The summed E-state index contributed by atoms with van der Waals surface area (Å²) in [6.07, 6.45) is 0.872. The topological polar surface area (TPSA) is 58.6 Å². The molecule has 0 atom stereocenters. The second-order valence-corrected chi connectivity index (χ2v) is 6.50. The number of nitrogens with one attached hydrogen (secondary N) is 1. The van der Waals surface area contributed by atoms with Crippen molar-refractivity contribution in [3.8, 4) is 5.75 Å². The molecule has 134 valence electrons. The summed E-state index contributed by atoms with van der Waals surface area (Å²) in [5, 5.41) is 4.63. The molecule has 2 aromatic rings. The van der Waals surface area contributed by atoms with Crippen molar-refractivity contribution in [1.82, 2.24) is 10.2 Å². The molecule has 0 radical (unpaired) electrons. The predicted molar refractivity (Wildman–Crippen MR) is 95.3 cm³/mol. The Balaban J connectivity index is 1.73. The average Bonchev–Trinajstić information content (AvgIpc) is 3.13. The lowest BCUT2D eigenvalue weighted by Crippen LogP contribution is -2.28. The zero-order valence-corrected chi connectivity index (χ0v) is 15.1. The number of carbonyl (C=O) groups is 2. The summed E-state index contributed by atoms with van der Waals surface area (Å²) in [7, 11) is 3.08. The summed E-state index contributed by atoms with van der Waals surface area (Å²) in [6, 6.07) is 8.22. The Kier molecular flexibility index (Phi) is 6.94. The Morgan fingerprint density at radius 2 is 2.12 bits per heavy atom. The first-order chi connectivity index (χ1) is 12.0. The molecule has 5 nitrogen and oxygen atoms in total. The minimum Gasteiger partial charge on any atom is -0.494 e. The van der Waals surface area contributed by atoms with Gasteiger partial charge in [0.15, 0.2) is 11.6 Å². The van der Waals surface area contributed by atoms with Gasteiger partial charge in [-0.2, -0.15) is 0 Å². The van der Waals surface area contributed by atoms with Gasteiger partial charge in [0.25, 0.3) is 5.91 Å². The minimum absolute atomic E-state index is 0.0541. The molecule has 0 aliphatic carbocycles. The number of halogens is 1. The number of ether oxygens (including phenoxy) is 1. The van der Waals surface area contributed by atoms with E-state index < -0.39 is 5.82 Å². The van der Waals surface area contributed by atoms with Crippen molar-refractivity contribution in [3.63, 3.8) is 0 Å². The Labute approximate surface area is 150 Å². The Morgan fingerprint density at radius 3 is 2.76 bits per heavy atom. The highest BCUT2D eigenvalue weighted by Crippen LogP contribution is 2.18. The molecule has 7 heteroatoms. The van der Waals surface area contributed by atoms with Crippen LogP contribution in [-0.2, 0) is 11.3 Å². The fourth-order valence-corrected chi connectivity index (χ4v) is 2.94. The number of amides is 2. The maximum atomic E-state index is 13.7. The average molecular weight is 364 g/mol. The summed E-state index contributed by atoms with van der Waals surface area (Å²) in [4.78, 5) is 26.1. The molecule has 0 fully saturated rings. The third kappa shape index (κ3) is 5.56. The number of thiophene rings is 1. The molecule has 25 heavy (non-hydrogen) atoms. The van der Waals surface area contributed by atoms with Crippen LogP contribution in [0.4, 0.5) is 4.39 Å². The molecule has 2 amide bonds. The Morgan fingerprint density at radius 1 is 1.32 bits per heavy atom. The molecule has 1 aromatic heterocycles. The number of carbonyl (C=O) groups excluding carboxylic acids is 2. The first-order valence-corrected chi connectivity index (χ1v) is 8.77. The van der Waals surface area contributed by atoms with E-state index in [-0.39, 0.29) is 17.6 Å². The predicted octanol–water partition coefficient (Wildman–Crippen LogP) is 3.06. The highest BCUT2D eigenvalue weighted by Gasteiger charge is 2.11. The van der Waals surface area contributed by atoms with Crippen LogP contribution < -0.4 is 10.1 Å². The minimum atomic E-state index is -0.447. The van der Waals surface area contributed by atoms with Crippen molar-refractivity contribution in [2.75, 3.05) is 20.7 Å². The van der Waals surface area contributed by atoms with Crippen LogP contribution in [0.25, 0.3) is 0 Å². The summed E-state index contributed by atoms with van der Waals surface area (Å²) < 4.78 is 18.5. The summed E-state index contributed by atoms with van der Waals surface area (Å²) in [5.41, 5.74) is 0.695. The summed E-state index contributed by atoms with van der Waals surface area (Å²) in [5.74, 6) is -0.442. The molecule has 0 saturated carbocycles. The molecule has 0 bridgehead atoms. The highest BCUT2D eigenvalue weighted by molar-refractivity contribution is 7.12. The van der Waals surface area contributed by atoms with E-state index in [4.69, 9.17) is 4.74 Å². The molecule has 2 rings (SSSR count). The maximum absolute atomic E-state index is 13.7. The van der Waals surface area contributed by atoms with E-state index in [1.165, 1.54) is 24.5 Å². The number of hydrogen-bond donors (Lipinski definition) is 1. The molecule has 0 unspecified atom stereocenters. The van der Waals surface area contributed by atoms with Crippen molar-refractivity contribution in [2.24, 2.45) is 0 Å². The third-order valence-electron chi connectivity index (χ3n) is 3.66. The molecule has 0 aliphatic heterocycles. The Bertz CT molecular complexity index is 719. The molecule has 0 saturated heterocycles. The fraction of sp³-hybridized carbons (Fsp3) is 0.333. The van der Waals surface area contributed by atoms with Crippen molar-refractivity contribution < 1.29 is 18.7 Å². The first-order valence-electron chi connectivity index (χ1n) is 7.89. The van der Waals surface area contributed by atoms with E-state index in [9.17, 15) is 14.0 Å². The second-order valence-electron chi connectivity index (χ2n) is 5.56. The van der Waals surface area contributed by atoms with E-state index in [1.54, 1.807) is 30.1 Å². The number of rotatable bonds is 8. The lowest BCUT2D eigenvalue weighted by molar-refractivity contribution is -0.130. The zero-order chi connectivity index (χ0) is 18.2. The first kappa shape index (κ1) is 18.9. The van der Waals surface area contributed by atoms with Crippen molar-refractivity contribution in [3.05, 3.63) is 52.0 Å². The van der Waals surface area contributed by atoms with Crippen LogP contribution in [0.1, 0.15) is 28.1 Å². The van der Waals surface area contributed by atoms with Gasteiger partial charge in [-0.1, -0.05) is 12.1 Å². The van der Waals surface area contributed by atoms with Gasteiger partial charge in [-0.3, -0.25) is 9.59 Å². The number of benzene rings is 1. The van der Waals surface area contributed by atoms with Gasteiger partial charge in [0, 0.05) is 26.6 Å². The smallest absolute Gasteiger partial charge is 0.261 e. The van der Waals surface area contributed by atoms with Crippen LogP contribution in [0.3, 0.4) is 0 Å². The maximum Gasteiger partial charge on any atom is 0.261 e. The molecule has 0 spiro atoms. The van der Waals surface area contributed by atoms with Crippen LogP contribution in [0.2, 0.25) is 0 Å². The molecule has 1 N–H and O–H groups in total. The van der Waals surface area contributed by atoms with E-state index in [2.05, 4.69) is 5.32 Å². The van der Waals surface area contributed by atoms with Crippen LogP contribution in [0, 0.1) is 5.82 Å². The van der Waals surface area contributed by atoms with Gasteiger partial charge in [0.1, 0.15) is 0 Å². The normalized spacial score (nSPS) is 10.4. The number of methoxy groups -OCH3 is 1. The van der Waals surface area contributed by atoms with Crippen molar-refractivity contribution in [2.45, 2.75) is 19.4 Å². The lowest BCUT2D eigenvalue weighted by atomic mass is 10.2. The fourth-order valence-electron chi connectivity index (χ4n) is 2.30. The summed E-state index contributed by atoms with van der Waals surface area (Å²) in [6.45, 7) is 0.759.